The van der Waals surface area contributed by atoms with Crippen molar-refractivity contribution in [1.29, 1.82) is 5.26 Å². The first-order valence-corrected chi connectivity index (χ1v) is 5.57. The summed E-state index contributed by atoms with van der Waals surface area (Å²) in [6.07, 6.45) is 0.655. The van der Waals surface area contributed by atoms with E-state index in [1.165, 1.54) is 0 Å². The highest BCUT2D eigenvalue weighted by molar-refractivity contribution is 9.10. The molecular weight excluding hydrogens is 256 g/mol. The second-order valence-electron chi connectivity index (χ2n) is 3.11. The minimum absolute atomic E-state index is 0.140. The van der Waals surface area contributed by atoms with Gasteiger partial charge in [-0.05, 0) is 24.6 Å². The van der Waals surface area contributed by atoms with E-state index >= 15 is 0 Å². The van der Waals surface area contributed by atoms with Crippen LogP contribution in [0.2, 0.25) is 0 Å². The normalized spacial score (nSPS) is 12.1. The van der Waals surface area contributed by atoms with Gasteiger partial charge < -0.3 is 5.11 Å². The molecule has 2 N–H and O–H groups in total. The fraction of sp³-hybridized carbons (Fsp3) is 0.364. The summed E-state index contributed by atoms with van der Waals surface area (Å²) in [5.74, 6) is 0. The third-order valence-electron chi connectivity index (χ3n) is 2.03. The zero-order chi connectivity index (χ0) is 11.1. The van der Waals surface area contributed by atoms with E-state index in [4.69, 9.17) is 10.4 Å². The number of aliphatic hydroxyl groups excluding tert-OH is 1. The number of hydrogen-bond acceptors (Lipinski definition) is 3. The Hall–Kier alpha value is -0.890. The Morgan fingerprint density at radius 1 is 1.47 bits per heavy atom. The smallest absolute Gasteiger partial charge is 0.122 e. The predicted molar refractivity (Wildman–Crippen MR) is 62.2 cm³/mol. The van der Waals surface area contributed by atoms with E-state index in [1.807, 2.05) is 24.3 Å². The fourth-order valence-electron chi connectivity index (χ4n) is 1.26. The minimum Gasteiger partial charge on any atom is -0.396 e. The van der Waals surface area contributed by atoms with Crippen molar-refractivity contribution in [2.24, 2.45) is 0 Å². The van der Waals surface area contributed by atoms with Crippen LogP contribution >= 0.6 is 15.9 Å². The molecule has 0 saturated carbocycles. The average molecular weight is 269 g/mol. The molecule has 4 heteroatoms. The molecule has 1 aromatic rings. The zero-order valence-electron chi connectivity index (χ0n) is 8.28. The van der Waals surface area contributed by atoms with Crippen molar-refractivity contribution < 1.29 is 5.11 Å². The molecule has 0 aliphatic carbocycles. The van der Waals surface area contributed by atoms with Crippen molar-refractivity contribution in [3.05, 3.63) is 34.3 Å². The monoisotopic (exact) mass is 268 g/mol. The molecule has 0 saturated heterocycles. The molecule has 15 heavy (non-hydrogen) atoms. The van der Waals surface area contributed by atoms with Gasteiger partial charge in [0.15, 0.2) is 0 Å². The molecule has 80 valence electrons. The number of nitrogens with zero attached hydrogens (tertiary/aromatic N) is 1. The Balaban J connectivity index is 2.67. The summed E-state index contributed by atoms with van der Waals surface area (Å²) < 4.78 is 0.924. The van der Waals surface area contributed by atoms with E-state index in [0.29, 0.717) is 13.0 Å². The fourth-order valence-corrected chi connectivity index (χ4v) is 1.77. The Bertz CT molecular complexity index is 349. The number of halogens is 1. The molecule has 1 aromatic carbocycles. The van der Waals surface area contributed by atoms with E-state index in [0.717, 1.165) is 10.0 Å². The van der Waals surface area contributed by atoms with Gasteiger partial charge >= 0.3 is 0 Å². The van der Waals surface area contributed by atoms with Crippen LogP contribution in [0, 0.1) is 11.3 Å². The molecule has 0 amide bonds. The molecule has 0 spiro atoms. The van der Waals surface area contributed by atoms with Crippen LogP contribution in [-0.4, -0.2) is 18.3 Å². The average Bonchev–Trinajstić information content (AvgIpc) is 2.26. The van der Waals surface area contributed by atoms with Gasteiger partial charge in [0.05, 0.1) is 6.07 Å². The Morgan fingerprint density at radius 3 is 2.80 bits per heavy atom. The molecule has 1 rings (SSSR count). The van der Waals surface area contributed by atoms with Crippen LogP contribution in [0.4, 0.5) is 0 Å². The summed E-state index contributed by atoms with van der Waals surface area (Å²) >= 11 is 3.41. The molecule has 0 aromatic heterocycles. The predicted octanol–water partition coefficient (Wildman–Crippen LogP) is 1.99. The van der Waals surface area contributed by atoms with Crippen molar-refractivity contribution in [1.82, 2.24) is 5.32 Å². The summed E-state index contributed by atoms with van der Waals surface area (Å²) in [4.78, 5) is 0. The van der Waals surface area contributed by atoms with Crippen LogP contribution in [0.15, 0.2) is 28.7 Å². The van der Waals surface area contributed by atoms with E-state index in [2.05, 4.69) is 27.3 Å². The van der Waals surface area contributed by atoms with Gasteiger partial charge in [-0.1, -0.05) is 34.1 Å². The summed E-state index contributed by atoms with van der Waals surface area (Å²) in [6, 6.07) is 9.50. The van der Waals surface area contributed by atoms with E-state index in [-0.39, 0.29) is 12.6 Å². The molecule has 0 radical (unpaired) electrons. The molecule has 0 fully saturated rings. The highest BCUT2D eigenvalue weighted by atomic mass is 79.9. The maximum Gasteiger partial charge on any atom is 0.122 e. The van der Waals surface area contributed by atoms with Crippen LogP contribution < -0.4 is 5.32 Å². The molecule has 0 aliphatic rings. The van der Waals surface area contributed by atoms with Gasteiger partial charge in [-0.2, -0.15) is 5.26 Å². The Kier molecular flexibility index (Phi) is 5.33. The Labute approximate surface area is 97.9 Å². The van der Waals surface area contributed by atoms with Crippen molar-refractivity contribution in [2.45, 2.75) is 12.5 Å². The molecule has 0 heterocycles. The largest absolute Gasteiger partial charge is 0.396 e. The quantitative estimate of drug-likeness (QED) is 0.804. The molecular formula is C11H13BrN2O. The van der Waals surface area contributed by atoms with Crippen molar-refractivity contribution in [3.8, 4) is 6.07 Å². The molecule has 1 atom stereocenters. The molecule has 0 bridgehead atoms. The summed E-state index contributed by atoms with van der Waals surface area (Å²) in [5, 5.41) is 20.7. The van der Waals surface area contributed by atoms with E-state index in [1.54, 1.807) is 0 Å². The summed E-state index contributed by atoms with van der Waals surface area (Å²) in [7, 11) is 0. The lowest BCUT2D eigenvalue weighted by atomic mass is 10.1. The SMILES string of the molecule is N#CC(NCCCO)c1ccccc1Br. The van der Waals surface area contributed by atoms with Gasteiger partial charge in [-0.3, -0.25) is 5.32 Å². The number of aliphatic hydroxyl groups is 1. The van der Waals surface area contributed by atoms with Crippen LogP contribution in [0.1, 0.15) is 18.0 Å². The van der Waals surface area contributed by atoms with Gasteiger partial charge in [0.2, 0.25) is 0 Å². The van der Waals surface area contributed by atoms with Gasteiger partial charge in [0, 0.05) is 11.1 Å². The Morgan fingerprint density at radius 2 is 2.20 bits per heavy atom. The number of hydrogen-bond donors (Lipinski definition) is 2. The number of benzene rings is 1. The van der Waals surface area contributed by atoms with Crippen molar-refractivity contribution >= 4 is 15.9 Å². The first-order valence-electron chi connectivity index (χ1n) is 4.78. The number of rotatable bonds is 5. The highest BCUT2D eigenvalue weighted by Crippen LogP contribution is 2.22. The van der Waals surface area contributed by atoms with E-state index < -0.39 is 0 Å². The third-order valence-corrected chi connectivity index (χ3v) is 2.75. The third kappa shape index (κ3) is 3.63. The molecule has 0 aliphatic heterocycles. The van der Waals surface area contributed by atoms with Gasteiger partial charge in [0.1, 0.15) is 6.04 Å². The van der Waals surface area contributed by atoms with Crippen LogP contribution in [0.25, 0.3) is 0 Å². The maximum absolute atomic E-state index is 9.01. The summed E-state index contributed by atoms with van der Waals surface area (Å²) in [5.41, 5.74) is 0.929. The lowest BCUT2D eigenvalue weighted by Gasteiger charge is -2.12. The standard InChI is InChI=1S/C11H13BrN2O/c12-10-5-2-1-4-9(10)11(8-13)14-6-3-7-15/h1-2,4-5,11,14-15H,3,6-7H2. The number of nitrogens with one attached hydrogen (secondary N) is 1. The lowest BCUT2D eigenvalue weighted by Crippen LogP contribution is -2.22. The first kappa shape index (κ1) is 12.2. The second-order valence-corrected chi connectivity index (χ2v) is 3.97. The van der Waals surface area contributed by atoms with Crippen LogP contribution in [0.3, 0.4) is 0 Å². The zero-order valence-corrected chi connectivity index (χ0v) is 9.87. The second kappa shape index (κ2) is 6.57. The highest BCUT2D eigenvalue weighted by Gasteiger charge is 2.11. The van der Waals surface area contributed by atoms with Gasteiger partial charge in [-0.25, -0.2) is 0 Å². The van der Waals surface area contributed by atoms with E-state index in [9.17, 15) is 0 Å². The number of nitriles is 1. The molecule has 3 nitrogen and oxygen atoms in total. The van der Waals surface area contributed by atoms with Crippen molar-refractivity contribution in [2.75, 3.05) is 13.2 Å². The van der Waals surface area contributed by atoms with Crippen molar-refractivity contribution in [3.63, 3.8) is 0 Å². The first-order chi connectivity index (χ1) is 7.29. The minimum atomic E-state index is -0.327. The molecule has 1 unspecified atom stereocenters. The lowest BCUT2D eigenvalue weighted by molar-refractivity contribution is 0.285. The van der Waals surface area contributed by atoms with Gasteiger partial charge in [-0.15, -0.1) is 0 Å². The van der Waals surface area contributed by atoms with Crippen LogP contribution in [-0.2, 0) is 0 Å². The summed E-state index contributed by atoms with van der Waals surface area (Å²) in [6.45, 7) is 0.775. The maximum atomic E-state index is 9.01. The topological polar surface area (TPSA) is 56.0 Å². The van der Waals surface area contributed by atoms with Gasteiger partial charge in [0.25, 0.3) is 0 Å². The van der Waals surface area contributed by atoms with Crippen LogP contribution in [0.5, 0.6) is 0 Å².